The number of carboxylic acid groups (broad SMARTS) is 1. The van der Waals surface area contributed by atoms with Crippen molar-refractivity contribution in [2.45, 2.75) is 32.6 Å². The van der Waals surface area contributed by atoms with Crippen molar-refractivity contribution in [3.8, 4) is 5.75 Å². The number of thioether (sulfide) groups is 1. The lowest BCUT2D eigenvalue weighted by molar-refractivity contribution is -0.146. The van der Waals surface area contributed by atoms with E-state index in [2.05, 4.69) is 16.8 Å². The number of aromatic nitrogens is 1. The molecular weight excluding hydrogens is 431 g/mol. The highest BCUT2D eigenvalue weighted by atomic mass is 32.2. The molecule has 32 heavy (non-hydrogen) atoms. The normalized spacial score (nSPS) is 19.2. The third-order valence-corrected chi connectivity index (χ3v) is 7.28. The Morgan fingerprint density at radius 1 is 1.34 bits per heavy atom. The van der Waals surface area contributed by atoms with Gasteiger partial charge in [-0.3, -0.25) is 14.6 Å². The van der Waals surface area contributed by atoms with Crippen LogP contribution in [0.4, 0.5) is 4.39 Å². The monoisotopic (exact) mass is 462 g/mol. The van der Waals surface area contributed by atoms with Crippen molar-refractivity contribution in [3.05, 3.63) is 35.8 Å². The molecule has 1 fully saturated rings. The lowest BCUT2D eigenvalue weighted by Gasteiger charge is -2.36. The quantitative estimate of drug-likeness (QED) is 0.389. The van der Waals surface area contributed by atoms with Gasteiger partial charge in [0.05, 0.1) is 30.3 Å². The van der Waals surface area contributed by atoms with E-state index in [1.165, 1.54) is 7.11 Å². The number of hydrogen-bond acceptors (Lipinski definition) is 6. The predicted molar refractivity (Wildman–Crippen MR) is 125 cm³/mol. The zero-order chi connectivity index (χ0) is 23.1. The third kappa shape index (κ3) is 5.98. The second-order valence-electron chi connectivity index (χ2n) is 8.23. The number of halogens is 1. The largest absolute Gasteiger partial charge is 0.497 e. The fourth-order valence-electron chi connectivity index (χ4n) is 4.34. The molecule has 1 aliphatic rings. The number of fused-ring (bicyclic) bond motifs is 1. The summed E-state index contributed by atoms with van der Waals surface area (Å²) in [7, 11) is 1.51. The summed E-state index contributed by atoms with van der Waals surface area (Å²) in [4.78, 5) is 31.2. The molecule has 174 valence electrons. The van der Waals surface area contributed by atoms with Crippen LogP contribution in [0.2, 0.25) is 0 Å². The second kappa shape index (κ2) is 11.6. The van der Waals surface area contributed by atoms with E-state index in [-0.39, 0.29) is 23.7 Å². The maximum Gasteiger partial charge on any atom is 0.308 e. The number of rotatable bonds is 11. The van der Waals surface area contributed by atoms with Crippen LogP contribution >= 0.6 is 11.8 Å². The van der Waals surface area contributed by atoms with Crippen molar-refractivity contribution in [1.82, 2.24) is 9.88 Å². The first kappa shape index (κ1) is 24.5. The smallest absolute Gasteiger partial charge is 0.308 e. The Morgan fingerprint density at radius 2 is 2.16 bits per heavy atom. The zero-order valence-corrected chi connectivity index (χ0v) is 19.5. The Kier molecular flexibility index (Phi) is 8.87. The lowest BCUT2D eigenvalue weighted by atomic mass is 9.81. The number of piperidine rings is 1. The number of likely N-dealkylation sites (tertiary alicyclic amines) is 1. The van der Waals surface area contributed by atoms with Gasteiger partial charge in [-0.2, -0.15) is 11.8 Å². The Hall–Kier alpha value is -2.19. The van der Waals surface area contributed by atoms with Gasteiger partial charge in [0.1, 0.15) is 5.75 Å². The summed E-state index contributed by atoms with van der Waals surface area (Å²) >= 11 is 1.89. The zero-order valence-electron chi connectivity index (χ0n) is 18.7. The van der Waals surface area contributed by atoms with Gasteiger partial charge in [0, 0.05) is 30.6 Å². The predicted octanol–water partition coefficient (Wildman–Crippen LogP) is 4.51. The number of carbonyl (C=O) groups is 2. The van der Waals surface area contributed by atoms with Gasteiger partial charge in [-0.05, 0) is 55.7 Å². The summed E-state index contributed by atoms with van der Waals surface area (Å²) in [5, 5.41) is 10.2. The fourth-order valence-corrected chi connectivity index (χ4v) is 5.22. The van der Waals surface area contributed by atoms with Crippen LogP contribution in [0.3, 0.4) is 0 Å². The van der Waals surface area contributed by atoms with E-state index < -0.39 is 17.7 Å². The van der Waals surface area contributed by atoms with E-state index >= 15 is 0 Å². The van der Waals surface area contributed by atoms with Crippen molar-refractivity contribution in [1.29, 1.82) is 0 Å². The molecule has 0 radical (unpaired) electrons. The first-order valence-electron chi connectivity index (χ1n) is 11.1. The maximum atomic E-state index is 14.6. The maximum absolute atomic E-state index is 14.6. The second-order valence-corrected chi connectivity index (χ2v) is 9.46. The molecule has 0 bridgehead atoms. The number of Topliss-reactive ketones (excluding diaryl/α,β-unsaturated/α-hetero) is 1. The van der Waals surface area contributed by atoms with E-state index in [1.54, 1.807) is 18.2 Å². The van der Waals surface area contributed by atoms with Gasteiger partial charge in [0.25, 0.3) is 0 Å². The molecule has 1 aromatic carbocycles. The number of methoxy groups -OCH3 is 1. The molecule has 0 saturated carbocycles. The van der Waals surface area contributed by atoms with Gasteiger partial charge < -0.3 is 14.7 Å². The molecule has 3 rings (SSSR count). The van der Waals surface area contributed by atoms with Crippen LogP contribution in [0, 0.1) is 17.7 Å². The number of ether oxygens (including phenoxy) is 1. The Balaban J connectivity index is 1.66. The van der Waals surface area contributed by atoms with E-state index in [9.17, 15) is 19.1 Å². The van der Waals surface area contributed by atoms with Gasteiger partial charge in [-0.15, -0.1) is 0 Å². The van der Waals surface area contributed by atoms with Crippen molar-refractivity contribution in [2.24, 2.45) is 11.8 Å². The molecule has 0 spiro atoms. The first-order chi connectivity index (χ1) is 15.4. The summed E-state index contributed by atoms with van der Waals surface area (Å²) in [6.45, 7) is 4.37. The van der Waals surface area contributed by atoms with Crippen LogP contribution in [-0.2, 0) is 4.79 Å². The minimum absolute atomic E-state index is 0.00570. The molecular formula is C24H31FN2O4S. The molecule has 0 aliphatic carbocycles. The number of nitrogens with zero attached hydrogens (tertiary/aromatic N) is 2. The fraction of sp³-hybridized carbons (Fsp3) is 0.542. The van der Waals surface area contributed by atoms with Crippen LogP contribution in [0.1, 0.15) is 43.0 Å². The summed E-state index contributed by atoms with van der Waals surface area (Å²) < 4.78 is 19.8. The Labute approximate surface area is 192 Å². The van der Waals surface area contributed by atoms with Gasteiger partial charge in [0.2, 0.25) is 0 Å². The minimum atomic E-state index is -0.821. The van der Waals surface area contributed by atoms with Crippen LogP contribution in [0.25, 0.3) is 10.9 Å². The molecule has 1 saturated heterocycles. The van der Waals surface area contributed by atoms with Crippen molar-refractivity contribution >= 4 is 34.4 Å². The summed E-state index contributed by atoms with van der Waals surface area (Å²) in [5.41, 5.74) is 0.527. The molecule has 2 unspecified atom stereocenters. The SMILES string of the molecule is CCCSCCN1CCC(CCC(=O)c2c(F)cnc3ccc(OC)cc23)C(C(=O)O)C1. The summed E-state index contributed by atoms with van der Waals surface area (Å²) in [6.07, 6.45) is 3.47. The lowest BCUT2D eigenvalue weighted by Crippen LogP contribution is -2.44. The molecule has 0 amide bonds. The number of pyridine rings is 1. The number of carbonyl (C=O) groups excluding carboxylic acids is 1. The minimum Gasteiger partial charge on any atom is -0.497 e. The molecule has 1 N–H and O–H groups in total. The molecule has 2 heterocycles. The van der Waals surface area contributed by atoms with Crippen molar-refractivity contribution in [2.75, 3.05) is 38.2 Å². The van der Waals surface area contributed by atoms with Crippen LogP contribution in [0.15, 0.2) is 24.4 Å². The first-order valence-corrected chi connectivity index (χ1v) is 12.3. The number of ketones is 1. The van der Waals surface area contributed by atoms with E-state index in [0.717, 1.165) is 43.6 Å². The number of benzene rings is 1. The number of hydrogen-bond donors (Lipinski definition) is 1. The Morgan fingerprint density at radius 3 is 2.88 bits per heavy atom. The highest BCUT2D eigenvalue weighted by Gasteiger charge is 2.34. The Bertz CT molecular complexity index is 955. The van der Waals surface area contributed by atoms with E-state index in [4.69, 9.17) is 4.74 Å². The van der Waals surface area contributed by atoms with Crippen molar-refractivity contribution in [3.63, 3.8) is 0 Å². The average molecular weight is 463 g/mol. The van der Waals surface area contributed by atoms with Gasteiger partial charge in [-0.25, -0.2) is 4.39 Å². The highest BCUT2D eigenvalue weighted by Crippen LogP contribution is 2.31. The highest BCUT2D eigenvalue weighted by molar-refractivity contribution is 7.99. The van der Waals surface area contributed by atoms with Crippen molar-refractivity contribution < 1.29 is 23.8 Å². The van der Waals surface area contributed by atoms with E-state index in [1.807, 2.05) is 11.8 Å². The van der Waals surface area contributed by atoms with Gasteiger partial charge in [-0.1, -0.05) is 6.92 Å². The molecule has 2 atom stereocenters. The average Bonchev–Trinajstić information content (AvgIpc) is 2.80. The summed E-state index contributed by atoms with van der Waals surface area (Å²) in [5.74, 6) is 0.228. The molecule has 1 aliphatic heterocycles. The van der Waals surface area contributed by atoms with Gasteiger partial charge in [0.15, 0.2) is 11.6 Å². The molecule has 8 heteroatoms. The molecule has 1 aromatic heterocycles. The summed E-state index contributed by atoms with van der Waals surface area (Å²) in [6, 6.07) is 5.03. The molecule has 6 nitrogen and oxygen atoms in total. The third-order valence-electron chi connectivity index (χ3n) is 6.11. The number of carboxylic acids is 1. The van der Waals surface area contributed by atoms with Gasteiger partial charge >= 0.3 is 5.97 Å². The van der Waals surface area contributed by atoms with E-state index in [0.29, 0.717) is 29.6 Å². The number of aliphatic carboxylic acids is 1. The topological polar surface area (TPSA) is 79.7 Å². The molecule has 2 aromatic rings. The van der Waals surface area contributed by atoms with Crippen LogP contribution < -0.4 is 4.74 Å². The van der Waals surface area contributed by atoms with Crippen LogP contribution in [-0.4, -0.2) is 65.0 Å². The van der Waals surface area contributed by atoms with Crippen LogP contribution in [0.5, 0.6) is 5.75 Å². The standard InChI is InChI=1S/C24H31FN2O4S/c1-3-11-32-12-10-27-9-8-16(19(15-27)24(29)30)4-7-22(28)23-18-13-17(31-2)5-6-21(18)26-14-20(23)25/h5-6,13-14,16,19H,3-4,7-12,15H2,1-2H3,(H,29,30).